The molecule has 2 N–H and O–H groups in total. The maximum absolute atomic E-state index is 4.22. The van der Waals surface area contributed by atoms with Gasteiger partial charge in [-0.2, -0.15) is 5.21 Å². The van der Waals surface area contributed by atoms with Crippen molar-refractivity contribution in [3.63, 3.8) is 0 Å². The van der Waals surface area contributed by atoms with Crippen molar-refractivity contribution in [1.29, 1.82) is 0 Å². The molecule has 1 aliphatic heterocycles. The highest BCUT2D eigenvalue weighted by atomic mass is 15.8. The van der Waals surface area contributed by atoms with Crippen molar-refractivity contribution in [2.45, 2.75) is 66.8 Å². The molecule has 0 bridgehead atoms. The maximum atomic E-state index is 4.22. The van der Waals surface area contributed by atoms with Gasteiger partial charge in [-0.05, 0) is 53.3 Å². The fourth-order valence-corrected chi connectivity index (χ4v) is 4.38. The van der Waals surface area contributed by atoms with Gasteiger partial charge in [0.1, 0.15) is 0 Å². The quantitative estimate of drug-likeness (QED) is 0.489. The molecule has 8 nitrogen and oxygen atoms in total. The molecule has 1 aliphatic rings. The second-order valence-electron chi connectivity index (χ2n) is 11.0. The summed E-state index contributed by atoms with van der Waals surface area (Å²) in [7, 11) is 0. The van der Waals surface area contributed by atoms with E-state index in [-0.39, 0.29) is 5.41 Å². The Morgan fingerprint density at radius 2 is 1.68 bits per heavy atom. The normalized spacial score (nSPS) is 14.6. The van der Waals surface area contributed by atoms with Gasteiger partial charge < -0.3 is 4.57 Å². The first kappa shape index (κ1) is 24.0. The summed E-state index contributed by atoms with van der Waals surface area (Å²) in [6.07, 6.45) is 3.31. The van der Waals surface area contributed by atoms with Gasteiger partial charge in [0.15, 0.2) is 0 Å². The number of benzene rings is 1. The van der Waals surface area contributed by atoms with Crippen molar-refractivity contribution in [3.8, 4) is 17.2 Å². The zero-order chi connectivity index (χ0) is 24.5. The number of rotatable bonds is 8. The third-order valence-electron chi connectivity index (χ3n) is 5.84. The first-order valence-corrected chi connectivity index (χ1v) is 12.2. The number of nitrogens with one attached hydrogen (secondary N) is 2. The summed E-state index contributed by atoms with van der Waals surface area (Å²) in [5.41, 5.74) is 9.34. The van der Waals surface area contributed by atoms with E-state index < -0.39 is 0 Å². The zero-order valence-electron chi connectivity index (χ0n) is 21.5. The first-order chi connectivity index (χ1) is 16.1. The van der Waals surface area contributed by atoms with E-state index in [0.29, 0.717) is 17.7 Å². The van der Waals surface area contributed by atoms with Crippen molar-refractivity contribution >= 4 is 0 Å². The van der Waals surface area contributed by atoms with Gasteiger partial charge >= 0.3 is 0 Å². The number of hydrogen-bond acceptors (Lipinski definition) is 6. The second kappa shape index (κ2) is 9.62. The van der Waals surface area contributed by atoms with Gasteiger partial charge in [-0.25, -0.2) is 0 Å². The molecule has 0 saturated heterocycles. The van der Waals surface area contributed by atoms with Crippen molar-refractivity contribution < 1.29 is 0 Å². The van der Waals surface area contributed by atoms with Crippen LogP contribution in [0.15, 0.2) is 48.3 Å². The van der Waals surface area contributed by atoms with Gasteiger partial charge in [-0.15, -0.1) is 15.7 Å². The molecule has 0 unspecified atom stereocenters. The smallest absolute Gasteiger partial charge is 0.221 e. The molecule has 0 radical (unpaired) electrons. The van der Waals surface area contributed by atoms with Crippen molar-refractivity contribution in [1.82, 2.24) is 40.7 Å². The SMILES string of the molecule is CC(C)CC1=CN(CC(C)C)NN1Cc1ccc(-n2c(-c3nn[nH]n3)ccc2C(C)(C)C)cc1. The molecule has 0 amide bonds. The summed E-state index contributed by atoms with van der Waals surface area (Å²) in [6.45, 7) is 17.5. The van der Waals surface area contributed by atoms with E-state index in [1.54, 1.807) is 0 Å². The Kier molecular flexibility index (Phi) is 6.79. The summed E-state index contributed by atoms with van der Waals surface area (Å²) in [5, 5.41) is 19.3. The number of hydrogen-bond donors (Lipinski definition) is 2. The molecule has 0 atom stereocenters. The van der Waals surface area contributed by atoms with Gasteiger partial charge in [-0.1, -0.05) is 60.6 Å². The number of allylic oxidation sites excluding steroid dienone is 1. The molecular formula is C26H38N8. The zero-order valence-corrected chi connectivity index (χ0v) is 21.5. The van der Waals surface area contributed by atoms with E-state index in [0.717, 1.165) is 30.9 Å². The predicted molar refractivity (Wildman–Crippen MR) is 135 cm³/mol. The third-order valence-corrected chi connectivity index (χ3v) is 5.84. The van der Waals surface area contributed by atoms with E-state index in [1.807, 2.05) is 0 Å². The van der Waals surface area contributed by atoms with Gasteiger partial charge in [0.2, 0.25) is 5.82 Å². The summed E-state index contributed by atoms with van der Waals surface area (Å²) in [5.74, 6) is 1.79. The molecule has 8 heteroatoms. The van der Waals surface area contributed by atoms with Gasteiger partial charge in [0.25, 0.3) is 0 Å². The minimum Gasteiger partial charge on any atom is -0.310 e. The van der Waals surface area contributed by atoms with Gasteiger partial charge in [0, 0.05) is 35.2 Å². The molecule has 0 fully saturated rings. The Labute approximate surface area is 203 Å². The van der Waals surface area contributed by atoms with Crippen molar-refractivity contribution in [2.24, 2.45) is 11.8 Å². The summed E-state index contributed by atoms with van der Waals surface area (Å²) >= 11 is 0. The number of aromatic amines is 1. The average molecular weight is 463 g/mol. The second-order valence-corrected chi connectivity index (χ2v) is 11.0. The van der Waals surface area contributed by atoms with Crippen LogP contribution in [0.2, 0.25) is 0 Å². The summed E-state index contributed by atoms with van der Waals surface area (Å²) in [6, 6.07) is 13.0. The van der Waals surface area contributed by atoms with E-state index in [9.17, 15) is 0 Å². The standard InChI is InChI=1S/C26H38N8/c1-18(2)14-22-17-32(15-19(3)4)31-33(22)16-20-8-10-21(11-9-20)34-23(25-27-29-30-28-25)12-13-24(34)26(5,6)7/h8-13,17-19,31H,14-16H2,1-7H3,(H,27,28,29,30). The highest BCUT2D eigenvalue weighted by molar-refractivity contribution is 5.57. The highest BCUT2D eigenvalue weighted by Crippen LogP contribution is 2.32. The van der Waals surface area contributed by atoms with Crippen molar-refractivity contribution in [2.75, 3.05) is 6.54 Å². The van der Waals surface area contributed by atoms with Crippen LogP contribution in [0.25, 0.3) is 17.2 Å². The lowest BCUT2D eigenvalue weighted by Crippen LogP contribution is -2.41. The minimum absolute atomic E-state index is 0.0312. The number of aromatic nitrogens is 5. The summed E-state index contributed by atoms with van der Waals surface area (Å²) in [4.78, 5) is 0. The molecule has 34 heavy (non-hydrogen) atoms. The molecule has 1 aromatic carbocycles. The lowest BCUT2D eigenvalue weighted by Gasteiger charge is -2.27. The molecule has 182 valence electrons. The monoisotopic (exact) mass is 462 g/mol. The van der Waals surface area contributed by atoms with Crippen LogP contribution in [0.5, 0.6) is 0 Å². The molecule has 2 aromatic heterocycles. The molecular weight excluding hydrogens is 424 g/mol. The average Bonchev–Trinajstić information content (AvgIpc) is 3.47. The Morgan fingerprint density at radius 3 is 2.26 bits per heavy atom. The van der Waals surface area contributed by atoms with Gasteiger partial charge in [0.05, 0.1) is 12.2 Å². The van der Waals surface area contributed by atoms with Crippen LogP contribution in [0.3, 0.4) is 0 Å². The van der Waals surface area contributed by atoms with Crippen LogP contribution in [-0.2, 0) is 12.0 Å². The topological polar surface area (TPSA) is 77.9 Å². The van der Waals surface area contributed by atoms with E-state index >= 15 is 0 Å². The number of hydrazine groups is 2. The first-order valence-electron chi connectivity index (χ1n) is 12.2. The fourth-order valence-electron chi connectivity index (χ4n) is 4.38. The van der Waals surface area contributed by atoms with E-state index in [4.69, 9.17) is 0 Å². The molecule has 0 saturated carbocycles. The lowest BCUT2D eigenvalue weighted by molar-refractivity contribution is 0.109. The number of tetrazole rings is 1. The Balaban J connectivity index is 1.59. The van der Waals surface area contributed by atoms with Crippen LogP contribution in [0.1, 0.15) is 66.1 Å². The van der Waals surface area contributed by atoms with Crippen LogP contribution in [0.4, 0.5) is 0 Å². The molecule has 3 heterocycles. The number of nitrogens with zero attached hydrogens (tertiary/aromatic N) is 6. The highest BCUT2D eigenvalue weighted by Gasteiger charge is 2.24. The largest absolute Gasteiger partial charge is 0.310 e. The molecule has 0 aliphatic carbocycles. The molecule has 3 aromatic rings. The Morgan fingerprint density at radius 1 is 0.941 bits per heavy atom. The predicted octanol–water partition coefficient (Wildman–Crippen LogP) is 5.04. The Bertz CT molecular complexity index is 1100. The van der Waals surface area contributed by atoms with Crippen LogP contribution in [-0.4, -0.2) is 41.8 Å². The van der Waals surface area contributed by atoms with E-state index in [1.165, 1.54) is 17.0 Å². The lowest BCUT2D eigenvalue weighted by atomic mass is 9.92. The summed E-state index contributed by atoms with van der Waals surface area (Å²) < 4.78 is 2.23. The fraction of sp³-hybridized carbons (Fsp3) is 0.500. The van der Waals surface area contributed by atoms with Crippen molar-refractivity contribution in [3.05, 3.63) is 59.6 Å². The molecule has 4 rings (SSSR count). The van der Waals surface area contributed by atoms with Crippen LogP contribution in [0, 0.1) is 11.8 Å². The van der Waals surface area contributed by atoms with E-state index in [2.05, 4.69) is 132 Å². The number of H-pyrrole nitrogens is 1. The minimum atomic E-state index is -0.0312. The Hall–Kier alpha value is -3.13. The van der Waals surface area contributed by atoms with Crippen LogP contribution < -0.4 is 5.53 Å². The maximum Gasteiger partial charge on any atom is 0.221 e. The molecule has 0 spiro atoms. The van der Waals surface area contributed by atoms with Crippen LogP contribution >= 0.6 is 0 Å². The third kappa shape index (κ3) is 5.33. The van der Waals surface area contributed by atoms with Gasteiger partial charge in [-0.3, -0.25) is 10.0 Å².